The first-order chi connectivity index (χ1) is 13.3. The van der Waals surface area contributed by atoms with Crippen LogP contribution >= 0.6 is 11.6 Å². The van der Waals surface area contributed by atoms with E-state index in [0.29, 0.717) is 10.7 Å². The van der Waals surface area contributed by atoms with Crippen molar-refractivity contribution in [3.05, 3.63) is 62.7 Å². The molecule has 0 atom stereocenters. The minimum Gasteiger partial charge on any atom is -0.493 e. The van der Waals surface area contributed by atoms with Gasteiger partial charge in [0.2, 0.25) is 0 Å². The Balaban J connectivity index is 2.07. The molecule has 0 radical (unpaired) electrons. The Morgan fingerprint density at radius 1 is 1.14 bits per heavy atom. The van der Waals surface area contributed by atoms with Crippen LogP contribution in [0.15, 0.2) is 42.0 Å². The largest absolute Gasteiger partial charge is 0.493 e. The van der Waals surface area contributed by atoms with Crippen LogP contribution in [0.3, 0.4) is 0 Å². The van der Waals surface area contributed by atoms with E-state index in [-0.39, 0.29) is 28.3 Å². The number of anilines is 1. The standard InChI is InChI=1S/C18H14ClN3O6/c1-27-15-7-10(14(22(25)26)9-16(15)28-2)6-13-17(23)20-21(18(13)24)12-5-3-4-11(19)8-12/h3-9H,1-2H3,(H,20,23)/b13-6+. The molecule has 0 aromatic heterocycles. The van der Waals surface area contributed by atoms with Crippen molar-refractivity contribution < 1.29 is 24.0 Å². The van der Waals surface area contributed by atoms with Gasteiger partial charge in [-0.05, 0) is 30.3 Å². The van der Waals surface area contributed by atoms with Crippen LogP contribution in [0, 0.1) is 10.1 Å². The SMILES string of the molecule is COc1cc(/C=C2\C(=O)NN(c3cccc(Cl)c3)C2=O)c([N+](=O)[O-])cc1OC. The van der Waals surface area contributed by atoms with Gasteiger partial charge in [0.25, 0.3) is 17.5 Å². The van der Waals surface area contributed by atoms with Gasteiger partial charge in [0.1, 0.15) is 5.57 Å². The van der Waals surface area contributed by atoms with E-state index in [1.165, 1.54) is 26.4 Å². The molecule has 0 aliphatic carbocycles. The lowest BCUT2D eigenvalue weighted by Gasteiger charge is -2.14. The summed E-state index contributed by atoms with van der Waals surface area (Å²) in [5, 5.41) is 12.8. The zero-order chi connectivity index (χ0) is 20.4. The Morgan fingerprint density at radius 3 is 2.43 bits per heavy atom. The molecule has 1 saturated heterocycles. The predicted molar refractivity (Wildman–Crippen MR) is 101 cm³/mol. The molecule has 0 saturated carbocycles. The summed E-state index contributed by atoms with van der Waals surface area (Å²) in [6.07, 6.45) is 1.14. The van der Waals surface area contributed by atoms with Crippen molar-refractivity contribution in [3.63, 3.8) is 0 Å². The average Bonchev–Trinajstić information content (AvgIpc) is 2.95. The molecule has 2 amide bonds. The van der Waals surface area contributed by atoms with E-state index in [0.717, 1.165) is 17.2 Å². The summed E-state index contributed by atoms with van der Waals surface area (Å²) in [5.41, 5.74) is 2.18. The van der Waals surface area contributed by atoms with E-state index < -0.39 is 16.7 Å². The number of nitro benzene ring substituents is 1. The van der Waals surface area contributed by atoms with Gasteiger partial charge < -0.3 is 9.47 Å². The Kier molecular flexibility index (Phi) is 5.18. The molecule has 9 nitrogen and oxygen atoms in total. The Hall–Kier alpha value is -3.59. The highest BCUT2D eigenvalue weighted by molar-refractivity contribution is 6.33. The van der Waals surface area contributed by atoms with Gasteiger partial charge in [-0.25, -0.2) is 5.01 Å². The zero-order valence-electron chi connectivity index (χ0n) is 14.8. The topological polar surface area (TPSA) is 111 Å². The second kappa shape index (κ2) is 7.57. The Bertz CT molecular complexity index is 1020. The number of hydrogen-bond donors (Lipinski definition) is 1. The van der Waals surface area contributed by atoms with Crippen LogP contribution in [0.5, 0.6) is 11.5 Å². The number of hydrazine groups is 1. The van der Waals surface area contributed by atoms with Crippen molar-refractivity contribution in [3.8, 4) is 11.5 Å². The highest BCUT2D eigenvalue weighted by Gasteiger charge is 2.35. The molecular weight excluding hydrogens is 390 g/mol. The normalized spacial score (nSPS) is 15.0. The second-order valence-electron chi connectivity index (χ2n) is 5.64. The molecule has 10 heteroatoms. The van der Waals surface area contributed by atoms with Crippen LogP contribution in [-0.2, 0) is 9.59 Å². The van der Waals surface area contributed by atoms with Gasteiger partial charge in [-0.15, -0.1) is 0 Å². The number of hydrogen-bond acceptors (Lipinski definition) is 6. The number of nitrogens with one attached hydrogen (secondary N) is 1. The van der Waals surface area contributed by atoms with Gasteiger partial charge in [-0.3, -0.25) is 25.1 Å². The van der Waals surface area contributed by atoms with Gasteiger partial charge >= 0.3 is 0 Å². The number of nitro groups is 1. The first-order valence-electron chi connectivity index (χ1n) is 7.88. The summed E-state index contributed by atoms with van der Waals surface area (Å²) in [4.78, 5) is 35.8. The average molecular weight is 404 g/mol. The number of rotatable bonds is 5. The lowest BCUT2D eigenvalue weighted by molar-refractivity contribution is -0.385. The third-order valence-corrected chi connectivity index (χ3v) is 4.22. The molecule has 1 aliphatic heterocycles. The van der Waals surface area contributed by atoms with Crippen molar-refractivity contribution in [2.75, 3.05) is 19.2 Å². The van der Waals surface area contributed by atoms with E-state index >= 15 is 0 Å². The van der Waals surface area contributed by atoms with Gasteiger partial charge in [0.15, 0.2) is 11.5 Å². The third kappa shape index (κ3) is 3.47. The predicted octanol–water partition coefficient (Wildman–Crippen LogP) is 2.73. The molecule has 1 heterocycles. The molecule has 1 aliphatic rings. The fraction of sp³-hybridized carbons (Fsp3) is 0.111. The van der Waals surface area contributed by atoms with Crippen molar-refractivity contribution in [1.82, 2.24) is 5.43 Å². The van der Waals surface area contributed by atoms with E-state index in [9.17, 15) is 19.7 Å². The number of carbonyl (C=O) groups excluding carboxylic acids is 2. The third-order valence-electron chi connectivity index (χ3n) is 3.99. The number of methoxy groups -OCH3 is 2. The van der Waals surface area contributed by atoms with E-state index in [1.54, 1.807) is 18.2 Å². The van der Waals surface area contributed by atoms with E-state index in [1.807, 2.05) is 0 Å². The van der Waals surface area contributed by atoms with E-state index in [2.05, 4.69) is 5.43 Å². The number of benzene rings is 2. The lowest BCUT2D eigenvalue weighted by Crippen LogP contribution is -2.35. The maximum atomic E-state index is 12.7. The first-order valence-corrected chi connectivity index (χ1v) is 8.26. The van der Waals surface area contributed by atoms with Crippen molar-refractivity contribution in [1.29, 1.82) is 0 Å². The molecule has 2 aromatic rings. The van der Waals surface area contributed by atoms with Crippen molar-refractivity contribution in [2.45, 2.75) is 0 Å². The molecule has 0 unspecified atom stereocenters. The van der Waals surface area contributed by atoms with Gasteiger partial charge in [0.05, 0.1) is 36.5 Å². The molecule has 1 N–H and O–H groups in total. The fourth-order valence-corrected chi connectivity index (χ4v) is 2.85. The lowest BCUT2D eigenvalue weighted by atomic mass is 10.1. The molecule has 2 aromatic carbocycles. The van der Waals surface area contributed by atoms with Crippen LogP contribution in [0.2, 0.25) is 5.02 Å². The molecule has 144 valence electrons. The van der Waals surface area contributed by atoms with Gasteiger partial charge in [-0.2, -0.15) is 0 Å². The fourth-order valence-electron chi connectivity index (χ4n) is 2.67. The molecule has 1 fully saturated rings. The van der Waals surface area contributed by atoms with Gasteiger partial charge in [-0.1, -0.05) is 17.7 Å². The van der Waals surface area contributed by atoms with E-state index in [4.69, 9.17) is 21.1 Å². The number of nitrogens with zero attached hydrogens (tertiary/aromatic N) is 2. The van der Waals surface area contributed by atoms with Crippen LogP contribution in [0.25, 0.3) is 6.08 Å². The number of halogens is 1. The van der Waals surface area contributed by atoms with Crippen LogP contribution < -0.4 is 19.9 Å². The molecule has 3 rings (SSSR count). The quantitative estimate of drug-likeness (QED) is 0.355. The smallest absolute Gasteiger partial charge is 0.282 e. The summed E-state index contributed by atoms with van der Waals surface area (Å²) >= 11 is 5.93. The van der Waals surface area contributed by atoms with Crippen molar-refractivity contribution >= 4 is 40.9 Å². The number of amides is 2. The van der Waals surface area contributed by atoms with Crippen LogP contribution in [0.4, 0.5) is 11.4 Å². The highest BCUT2D eigenvalue weighted by Crippen LogP contribution is 2.36. The first kappa shape index (κ1) is 19.2. The second-order valence-corrected chi connectivity index (χ2v) is 6.08. The summed E-state index contributed by atoms with van der Waals surface area (Å²) < 4.78 is 10.2. The maximum Gasteiger partial charge on any atom is 0.282 e. The molecule has 28 heavy (non-hydrogen) atoms. The maximum absolute atomic E-state index is 12.7. The Morgan fingerprint density at radius 2 is 1.82 bits per heavy atom. The van der Waals surface area contributed by atoms with Crippen LogP contribution in [0.1, 0.15) is 5.56 Å². The minimum absolute atomic E-state index is 0.0223. The molecule has 0 spiro atoms. The van der Waals surface area contributed by atoms with Crippen molar-refractivity contribution in [2.24, 2.45) is 0 Å². The summed E-state index contributed by atoms with van der Waals surface area (Å²) in [5.74, 6) is -0.998. The van der Waals surface area contributed by atoms with Crippen LogP contribution in [-0.4, -0.2) is 31.0 Å². The monoisotopic (exact) mass is 403 g/mol. The summed E-state index contributed by atoms with van der Waals surface area (Å²) in [6, 6.07) is 8.83. The Labute approximate surface area is 164 Å². The highest BCUT2D eigenvalue weighted by atomic mass is 35.5. The minimum atomic E-state index is -0.700. The molecular formula is C18H14ClN3O6. The number of ether oxygens (including phenoxy) is 2. The zero-order valence-corrected chi connectivity index (χ0v) is 15.5. The summed E-state index contributed by atoms with van der Waals surface area (Å²) in [6.45, 7) is 0. The summed E-state index contributed by atoms with van der Waals surface area (Å²) in [7, 11) is 2.71. The number of carbonyl (C=O) groups is 2. The van der Waals surface area contributed by atoms with Gasteiger partial charge in [0, 0.05) is 5.02 Å². The molecule has 0 bridgehead atoms.